The summed E-state index contributed by atoms with van der Waals surface area (Å²) in [5.74, 6) is 0.422. The summed E-state index contributed by atoms with van der Waals surface area (Å²) in [6.07, 6.45) is 1.84. The van der Waals surface area contributed by atoms with E-state index in [1.807, 2.05) is 6.07 Å². The van der Waals surface area contributed by atoms with E-state index in [0.29, 0.717) is 17.2 Å². The van der Waals surface area contributed by atoms with Gasteiger partial charge < -0.3 is 21.3 Å². The zero-order valence-electron chi connectivity index (χ0n) is 9.93. The van der Waals surface area contributed by atoms with Gasteiger partial charge in [-0.25, -0.2) is 0 Å². The van der Waals surface area contributed by atoms with Crippen LogP contribution in [0.3, 0.4) is 0 Å². The number of anilines is 1. The average Bonchev–Trinajstić information content (AvgIpc) is 2.35. The second-order valence-electron chi connectivity index (χ2n) is 4.37. The summed E-state index contributed by atoms with van der Waals surface area (Å²) >= 11 is 3.42. The molecule has 0 spiro atoms. The van der Waals surface area contributed by atoms with E-state index >= 15 is 0 Å². The van der Waals surface area contributed by atoms with Crippen molar-refractivity contribution in [3.8, 4) is 5.75 Å². The van der Waals surface area contributed by atoms with Crippen LogP contribution in [-0.2, 0) is 4.74 Å². The Bertz CT molecular complexity index is 411. The predicted octanol–water partition coefficient (Wildman–Crippen LogP) is 2.59. The van der Waals surface area contributed by atoms with Crippen LogP contribution in [0.2, 0.25) is 0 Å². The minimum absolute atomic E-state index is 0. The highest BCUT2D eigenvalue weighted by molar-refractivity contribution is 9.10. The van der Waals surface area contributed by atoms with Crippen LogP contribution in [0.5, 0.6) is 5.75 Å². The first-order chi connectivity index (χ1) is 8.11. The number of ether oxygens (including phenoxy) is 1. The fourth-order valence-corrected chi connectivity index (χ4v) is 2.81. The van der Waals surface area contributed by atoms with Crippen LogP contribution in [0.15, 0.2) is 16.6 Å². The van der Waals surface area contributed by atoms with Crippen LogP contribution in [0, 0.1) is 5.92 Å². The first-order valence-electron chi connectivity index (χ1n) is 5.71. The molecule has 1 aliphatic heterocycles. The van der Waals surface area contributed by atoms with E-state index in [4.69, 9.17) is 16.2 Å². The molecule has 2 rings (SSSR count). The van der Waals surface area contributed by atoms with Gasteiger partial charge in [0.25, 0.3) is 0 Å². The third-order valence-electron chi connectivity index (χ3n) is 3.30. The van der Waals surface area contributed by atoms with E-state index in [0.717, 1.165) is 30.5 Å². The highest BCUT2D eigenvalue weighted by Gasteiger charge is 2.26. The fraction of sp³-hybridized carbons (Fsp3) is 0.500. The minimum Gasteiger partial charge on any atom is -0.505 e. The monoisotopic (exact) mass is 336 g/mol. The molecule has 1 aliphatic rings. The zero-order chi connectivity index (χ0) is 12.4. The highest BCUT2D eigenvalue weighted by Crippen LogP contribution is 2.40. The molecule has 0 aromatic heterocycles. The molecule has 5 N–H and O–H groups in total. The van der Waals surface area contributed by atoms with Crippen LogP contribution in [0.1, 0.15) is 24.4 Å². The molecule has 0 radical (unpaired) electrons. The van der Waals surface area contributed by atoms with E-state index in [1.165, 1.54) is 0 Å². The van der Waals surface area contributed by atoms with Crippen molar-refractivity contribution in [2.75, 3.05) is 18.9 Å². The highest BCUT2D eigenvalue weighted by atomic mass is 79.9. The number of nitrogens with two attached hydrogens (primary N) is 2. The Morgan fingerprint density at radius 1 is 1.33 bits per heavy atom. The lowest BCUT2D eigenvalue weighted by molar-refractivity contribution is 0.0580. The number of phenolic OH excluding ortho intramolecular Hbond substituents is 1. The number of phenols is 1. The molecule has 0 saturated carbocycles. The first-order valence-corrected chi connectivity index (χ1v) is 6.50. The average molecular weight is 338 g/mol. The van der Waals surface area contributed by atoms with Gasteiger partial charge >= 0.3 is 0 Å². The van der Waals surface area contributed by atoms with Crippen LogP contribution in [0.4, 0.5) is 5.69 Å². The van der Waals surface area contributed by atoms with Crippen molar-refractivity contribution < 1.29 is 9.84 Å². The summed E-state index contributed by atoms with van der Waals surface area (Å²) in [5.41, 5.74) is 13.0. The van der Waals surface area contributed by atoms with Gasteiger partial charge in [-0.1, -0.05) is 15.9 Å². The summed E-state index contributed by atoms with van der Waals surface area (Å²) in [7, 11) is 0. The molecule has 1 aromatic carbocycles. The Kier molecular flexibility index (Phi) is 5.72. The molecule has 0 unspecified atom stereocenters. The van der Waals surface area contributed by atoms with Crippen LogP contribution in [0.25, 0.3) is 0 Å². The molecule has 18 heavy (non-hydrogen) atoms. The number of benzene rings is 1. The molecule has 0 aliphatic carbocycles. The summed E-state index contributed by atoms with van der Waals surface area (Å²) in [6.45, 7) is 1.47. The van der Waals surface area contributed by atoms with Crippen molar-refractivity contribution >= 4 is 34.0 Å². The van der Waals surface area contributed by atoms with E-state index in [9.17, 15) is 5.11 Å². The Morgan fingerprint density at radius 3 is 2.56 bits per heavy atom. The molecule has 1 atom stereocenters. The van der Waals surface area contributed by atoms with Gasteiger partial charge in [-0.2, -0.15) is 0 Å². The number of hydrogen-bond acceptors (Lipinski definition) is 4. The standard InChI is InChI=1S/C12H17BrN2O2.ClH/c13-8-1-2-9(14)12(16)10(8)11(15)7-3-5-17-6-4-7;/h1-2,7,11,16H,3-6,14-15H2;1H/t11-;/m1./s1. The third kappa shape index (κ3) is 3.09. The van der Waals surface area contributed by atoms with Crippen LogP contribution >= 0.6 is 28.3 Å². The molecule has 1 heterocycles. The molecular weight excluding hydrogens is 320 g/mol. The van der Waals surface area contributed by atoms with Crippen molar-refractivity contribution in [2.45, 2.75) is 18.9 Å². The maximum Gasteiger partial charge on any atom is 0.144 e. The van der Waals surface area contributed by atoms with Crippen molar-refractivity contribution in [3.05, 3.63) is 22.2 Å². The smallest absolute Gasteiger partial charge is 0.144 e. The lowest BCUT2D eigenvalue weighted by atomic mass is 9.87. The Balaban J connectivity index is 0.00000162. The maximum absolute atomic E-state index is 10.0. The molecule has 1 saturated heterocycles. The lowest BCUT2D eigenvalue weighted by Crippen LogP contribution is -2.27. The topological polar surface area (TPSA) is 81.5 Å². The maximum atomic E-state index is 10.0. The normalized spacial score (nSPS) is 18.1. The van der Waals surface area contributed by atoms with Crippen molar-refractivity contribution in [1.82, 2.24) is 0 Å². The van der Waals surface area contributed by atoms with E-state index in [-0.39, 0.29) is 24.2 Å². The largest absolute Gasteiger partial charge is 0.505 e. The van der Waals surface area contributed by atoms with Gasteiger partial charge in [0.2, 0.25) is 0 Å². The summed E-state index contributed by atoms with van der Waals surface area (Å²) in [5, 5.41) is 10.0. The summed E-state index contributed by atoms with van der Waals surface area (Å²) < 4.78 is 6.12. The van der Waals surface area contributed by atoms with Gasteiger partial charge in [0.15, 0.2) is 0 Å². The molecule has 1 fully saturated rings. The van der Waals surface area contributed by atoms with Crippen molar-refractivity contribution in [2.24, 2.45) is 11.7 Å². The number of rotatable bonds is 2. The fourth-order valence-electron chi connectivity index (χ4n) is 2.23. The minimum atomic E-state index is -0.211. The molecule has 0 bridgehead atoms. The Morgan fingerprint density at radius 2 is 1.94 bits per heavy atom. The van der Waals surface area contributed by atoms with Gasteiger partial charge in [0.1, 0.15) is 5.75 Å². The van der Waals surface area contributed by atoms with E-state index in [2.05, 4.69) is 15.9 Å². The number of nitrogen functional groups attached to an aromatic ring is 1. The van der Waals surface area contributed by atoms with Gasteiger partial charge in [0.05, 0.1) is 5.69 Å². The zero-order valence-corrected chi connectivity index (χ0v) is 12.3. The van der Waals surface area contributed by atoms with Gasteiger partial charge in [-0.15, -0.1) is 12.4 Å². The second kappa shape index (κ2) is 6.61. The SMILES string of the molecule is Cl.Nc1ccc(Br)c([C@H](N)C2CCOCC2)c1O. The molecular formula is C12H18BrClN2O2. The third-order valence-corrected chi connectivity index (χ3v) is 3.99. The van der Waals surface area contributed by atoms with Gasteiger partial charge in [0, 0.05) is 29.3 Å². The molecule has 1 aromatic rings. The summed E-state index contributed by atoms with van der Waals surface area (Å²) in [6, 6.07) is 3.28. The second-order valence-corrected chi connectivity index (χ2v) is 5.23. The van der Waals surface area contributed by atoms with Gasteiger partial charge in [-0.3, -0.25) is 0 Å². The van der Waals surface area contributed by atoms with Crippen molar-refractivity contribution in [1.29, 1.82) is 0 Å². The van der Waals surface area contributed by atoms with Gasteiger partial charge in [-0.05, 0) is 30.9 Å². The number of hydrogen-bond donors (Lipinski definition) is 3. The van der Waals surface area contributed by atoms with Crippen molar-refractivity contribution in [3.63, 3.8) is 0 Å². The molecule has 0 amide bonds. The van der Waals surface area contributed by atoms with Crippen LogP contribution < -0.4 is 11.5 Å². The van der Waals surface area contributed by atoms with E-state index in [1.54, 1.807) is 6.07 Å². The quantitative estimate of drug-likeness (QED) is 0.572. The molecule has 6 heteroatoms. The molecule has 102 valence electrons. The first kappa shape index (κ1) is 15.6. The Hall–Kier alpha value is -0.490. The summed E-state index contributed by atoms with van der Waals surface area (Å²) in [4.78, 5) is 0. The van der Waals surface area contributed by atoms with E-state index < -0.39 is 0 Å². The van der Waals surface area contributed by atoms with Crippen LogP contribution in [-0.4, -0.2) is 18.3 Å². The predicted molar refractivity (Wildman–Crippen MR) is 77.9 cm³/mol. The number of aromatic hydroxyl groups is 1. The molecule has 4 nitrogen and oxygen atoms in total. The number of halogens is 2. The Labute approximate surface area is 121 Å². The lowest BCUT2D eigenvalue weighted by Gasteiger charge is -2.29.